The summed E-state index contributed by atoms with van der Waals surface area (Å²) in [5.74, 6) is 3.28. The van der Waals surface area contributed by atoms with E-state index in [9.17, 15) is 0 Å². The molecule has 0 amide bonds. The zero-order valence-corrected chi connectivity index (χ0v) is 15.1. The minimum absolute atomic E-state index is 0.562. The van der Waals surface area contributed by atoms with Crippen molar-refractivity contribution in [2.45, 2.75) is 38.6 Å². The van der Waals surface area contributed by atoms with Crippen molar-refractivity contribution in [2.75, 3.05) is 7.11 Å². The van der Waals surface area contributed by atoms with E-state index >= 15 is 0 Å². The summed E-state index contributed by atoms with van der Waals surface area (Å²) in [5, 5.41) is 4.18. The predicted octanol–water partition coefficient (Wildman–Crippen LogP) is 5.07. The van der Waals surface area contributed by atoms with E-state index < -0.39 is 0 Å². The first-order chi connectivity index (χ1) is 11.6. The molecule has 0 aromatic heterocycles. The van der Waals surface area contributed by atoms with Gasteiger partial charge in [-0.05, 0) is 67.9 Å². The standard InChI is InChI=1S/C20H25ClN2O/c1-13(18-12-17(21)6-7-20(18)24-3)8-9-22-14(2)23-19-11-15-4-5-16(19)10-15/h6-9,12,15-16,19,23H,2,4-5,10-11H2,1,3H3/b13-8+,22-9-. The fraction of sp³-hybridized carbons (Fsp3) is 0.450. The topological polar surface area (TPSA) is 33.6 Å². The molecule has 4 heteroatoms. The van der Waals surface area contributed by atoms with Crippen LogP contribution >= 0.6 is 11.6 Å². The lowest BCUT2D eigenvalue weighted by Crippen LogP contribution is -2.32. The van der Waals surface area contributed by atoms with Crippen LogP contribution in [-0.4, -0.2) is 19.4 Å². The molecule has 0 aliphatic heterocycles. The number of rotatable bonds is 6. The zero-order chi connectivity index (χ0) is 17.1. The van der Waals surface area contributed by atoms with Crippen molar-refractivity contribution in [3.8, 4) is 5.75 Å². The van der Waals surface area contributed by atoms with Gasteiger partial charge < -0.3 is 10.1 Å². The summed E-state index contributed by atoms with van der Waals surface area (Å²) in [6.45, 7) is 6.06. The Labute approximate surface area is 149 Å². The van der Waals surface area contributed by atoms with E-state index in [1.54, 1.807) is 13.3 Å². The fourth-order valence-corrected chi connectivity index (χ4v) is 4.16. The Morgan fingerprint density at radius 2 is 2.21 bits per heavy atom. The van der Waals surface area contributed by atoms with E-state index in [-0.39, 0.29) is 0 Å². The number of ether oxygens (including phenoxy) is 1. The Morgan fingerprint density at radius 1 is 1.38 bits per heavy atom. The first-order valence-electron chi connectivity index (χ1n) is 8.57. The second kappa shape index (κ2) is 7.43. The highest BCUT2D eigenvalue weighted by atomic mass is 35.5. The van der Waals surface area contributed by atoms with Crippen LogP contribution in [-0.2, 0) is 0 Å². The minimum atomic E-state index is 0.562. The predicted molar refractivity (Wildman–Crippen MR) is 102 cm³/mol. The monoisotopic (exact) mass is 344 g/mol. The van der Waals surface area contributed by atoms with Gasteiger partial charge >= 0.3 is 0 Å². The molecule has 2 aliphatic rings. The molecule has 2 fully saturated rings. The Kier molecular flexibility index (Phi) is 5.30. The van der Waals surface area contributed by atoms with Crippen molar-refractivity contribution in [3.05, 3.63) is 47.3 Å². The zero-order valence-electron chi connectivity index (χ0n) is 14.4. The average molecular weight is 345 g/mol. The summed E-state index contributed by atoms with van der Waals surface area (Å²) in [6.07, 6.45) is 9.16. The molecule has 2 bridgehead atoms. The van der Waals surface area contributed by atoms with Crippen molar-refractivity contribution in [2.24, 2.45) is 16.8 Å². The molecule has 1 aromatic carbocycles. The van der Waals surface area contributed by atoms with Crippen LogP contribution in [0.3, 0.4) is 0 Å². The first kappa shape index (κ1) is 17.1. The van der Waals surface area contributed by atoms with Crippen LogP contribution in [0.4, 0.5) is 0 Å². The molecule has 1 aromatic rings. The quantitative estimate of drug-likeness (QED) is 0.731. The largest absolute Gasteiger partial charge is 0.496 e. The highest BCUT2D eigenvalue weighted by Gasteiger charge is 2.39. The SMILES string of the molecule is C=C(/N=C\C=C(/C)c1cc(Cl)ccc1OC)NC1CC2CCC1C2. The van der Waals surface area contributed by atoms with E-state index in [2.05, 4.69) is 16.9 Å². The number of allylic oxidation sites excluding steroid dienone is 2. The van der Waals surface area contributed by atoms with E-state index in [1.165, 1.54) is 25.7 Å². The molecule has 2 saturated carbocycles. The van der Waals surface area contributed by atoms with Gasteiger partial charge in [0, 0.05) is 22.8 Å². The summed E-state index contributed by atoms with van der Waals surface area (Å²) in [5.41, 5.74) is 2.02. The highest BCUT2D eigenvalue weighted by molar-refractivity contribution is 6.30. The van der Waals surface area contributed by atoms with Crippen LogP contribution in [0.1, 0.15) is 38.2 Å². The maximum atomic E-state index is 6.09. The summed E-state index contributed by atoms with van der Waals surface area (Å²) < 4.78 is 5.39. The molecule has 3 rings (SSSR count). The lowest BCUT2D eigenvalue weighted by atomic mass is 9.95. The highest BCUT2D eigenvalue weighted by Crippen LogP contribution is 2.44. The van der Waals surface area contributed by atoms with Gasteiger partial charge in [-0.1, -0.05) is 24.6 Å². The second-order valence-electron chi connectivity index (χ2n) is 6.84. The maximum Gasteiger partial charge on any atom is 0.126 e. The third-order valence-electron chi connectivity index (χ3n) is 5.23. The molecule has 128 valence electrons. The molecule has 1 N–H and O–H groups in total. The third-order valence-corrected chi connectivity index (χ3v) is 5.47. The molecule has 3 unspecified atom stereocenters. The van der Waals surface area contributed by atoms with Gasteiger partial charge in [0.25, 0.3) is 0 Å². The van der Waals surface area contributed by atoms with Crippen molar-refractivity contribution in [3.63, 3.8) is 0 Å². The van der Waals surface area contributed by atoms with Crippen LogP contribution in [0.2, 0.25) is 5.02 Å². The number of nitrogens with zero attached hydrogens (tertiary/aromatic N) is 1. The molecular formula is C20H25ClN2O. The molecule has 0 radical (unpaired) electrons. The summed E-state index contributed by atoms with van der Waals surface area (Å²) in [7, 11) is 1.66. The summed E-state index contributed by atoms with van der Waals surface area (Å²) in [4.78, 5) is 4.43. The van der Waals surface area contributed by atoms with Crippen molar-refractivity contribution >= 4 is 23.4 Å². The van der Waals surface area contributed by atoms with E-state index in [4.69, 9.17) is 16.3 Å². The molecule has 0 spiro atoms. The number of halogens is 1. The van der Waals surface area contributed by atoms with Crippen LogP contribution in [0.25, 0.3) is 5.57 Å². The molecule has 0 saturated heterocycles. The normalized spacial score (nSPS) is 26.1. The van der Waals surface area contributed by atoms with Crippen LogP contribution in [0.5, 0.6) is 5.75 Å². The van der Waals surface area contributed by atoms with E-state index in [1.807, 2.05) is 31.2 Å². The lowest BCUT2D eigenvalue weighted by molar-refractivity contribution is 0.373. The molecule has 0 heterocycles. The number of hydrogen-bond acceptors (Lipinski definition) is 3. The lowest BCUT2D eigenvalue weighted by Gasteiger charge is -2.23. The van der Waals surface area contributed by atoms with Gasteiger partial charge in [-0.2, -0.15) is 0 Å². The molecule has 2 aliphatic carbocycles. The second-order valence-corrected chi connectivity index (χ2v) is 7.28. The summed E-state index contributed by atoms with van der Waals surface area (Å²) in [6, 6.07) is 6.17. The fourth-order valence-electron chi connectivity index (χ4n) is 3.99. The van der Waals surface area contributed by atoms with Gasteiger partial charge in [-0.3, -0.25) is 0 Å². The van der Waals surface area contributed by atoms with Crippen LogP contribution < -0.4 is 10.1 Å². The van der Waals surface area contributed by atoms with Gasteiger partial charge in [0.2, 0.25) is 0 Å². The average Bonchev–Trinajstić information content (AvgIpc) is 3.17. The Hall–Kier alpha value is -1.74. The van der Waals surface area contributed by atoms with Crippen molar-refractivity contribution in [1.29, 1.82) is 0 Å². The van der Waals surface area contributed by atoms with E-state index in [0.717, 1.165) is 34.5 Å². The first-order valence-corrected chi connectivity index (χ1v) is 8.95. The van der Waals surface area contributed by atoms with Crippen molar-refractivity contribution in [1.82, 2.24) is 5.32 Å². The third kappa shape index (κ3) is 3.84. The van der Waals surface area contributed by atoms with Gasteiger partial charge in [0.05, 0.1) is 7.11 Å². The van der Waals surface area contributed by atoms with Gasteiger partial charge in [0.1, 0.15) is 11.6 Å². The Balaban J connectivity index is 1.61. The molecular weight excluding hydrogens is 320 g/mol. The number of fused-ring (bicyclic) bond motifs is 2. The minimum Gasteiger partial charge on any atom is -0.496 e. The van der Waals surface area contributed by atoms with Gasteiger partial charge in [0.15, 0.2) is 0 Å². The number of hydrogen-bond donors (Lipinski definition) is 1. The van der Waals surface area contributed by atoms with Gasteiger partial charge in [-0.15, -0.1) is 0 Å². The number of benzene rings is 1. The number of methoxy groups -OCH3 is 1. The molecule has 3 nitrogen and oxygen atoms in total. The van der Waals surface area contributed by atoms with Gasteiger partial charge in [-0.25, -0.2) is 4.99 Å². The molecule has 3 atom stereocenters. The molecule has 24 heavy (non-hydrogen) atoms. The summed E-state index contributed by atoms with van der Waals surface area (Å²) >= 11 is 6.09. The van der Waals surface area contributed by atoms with Crippen molar-refractivity contribution < 1.29 is 4.74 Å². The van der Waals surface area contributed by atoms with Crippen LogP contribution in [0, 0.1) is 11.8 Å². The Bertz CT molecular complexity index is 680. The van der Waals surface area contributed by atoms with E-state index in [0.29, 0.717) is 11.1 Å². The maximum absolute atomic E-state index is 6.09. The number of aliphatic imine (C=N–C) groups is 1. The van der Waals surface area contributed by atoms with Crippen LogP contribution in [0.15, 0.2) is 41.7 Å². The Morgan fingerprint density at radius 3 is 2.88 bits per heavy atom. The number of nitrogens with one attached hydrogen (secondary N) is 1. The smallest absolute Gasteiger partial charge is 0.126 e.